The smallest absolute Gasteiger partial charge is 0.227 e. The molecule has 0 radical (unpaired) electrons. The monoisotopic (exact) mass is 387 g/mol. The van der Waals surface area contributed by atoms with Crippen LogP contribution in [-0.4, -0.2) is 55.6 Å². The minimum atomic E-state index is 0. The Morgan fingerprint density at radius 1 is 1.15 bits per heavy atom. The first kappa shape index (κ1) is 21.5. The summed E-state index contributed by atoms with van der Waals surface area (Å²) in [6, 6.07) is 0.0533. The first-order valence-corrected chi connectivity index (χ1v) is 10.0. The van der Waals surface area contributed by atoms with Crippen LogP contribution < -0.4 is 11.1 Å². The number of hydrogen-bond acceptors (Lipinski definition) is 4. The van der Waals surface area contributed by atoms with Gasteiger partial charge in [0.2, 0.25) is 11.8 Å². The summed E-state index contributed by atoms with van der Waals surface area (Å²) >= 11 is 0. The van der Waals surface area contributed by atoms with Crippen LogP contribution in [0.2, 0.25) is 0 Å². The Bertz CT molecular complexity index is 481. The van der Waals surface area contributed by atoms with Gasteiger partial charge in [-0.15, -0.1) is 12.4 Å². The van der Waals surface area contributed by atoms with Gasteiger partial charge in [-0.3, -0.25) is 9.59 Å². The van der Waals surface area contributed by atoms with Crippen LogP contribution in [0, 0.1) is 23.7 Å². The molecule has 4 atom stereocenters. The van der Waals surface area contributed by atoms with Gasteiger partial charge in [0.15, 0.2) is 0 Å². The average molecular weight is 388 g/mol. The fourth-order valence-corrected chi connectivity index (χ4v) is 4.95. The predicted molar refractivity (Wildman–Crippen MR) is 103 cm³/mol. The number of likely N-dealkylation sites (tertiary alicyclic amines) is 1. The molecule has 150 valence electrons. The molecule has 1 heterocycles. The highest BCUT2D eigenvalue weighted by molar-refractivity contribution is 5.85. The second kappa shape index (κ2) is 9.90. The fourth-order valence-electron chi connectivity index (χ4n) is 4.95. The summed E-state index contributed by atoms with van der Waals surface area (Å²) in [6.07, 6.45) is 5.87. The first-order valence-electron chi connectivity index (χ1n) is 10.0. The minimum Gasteiger partial charge on any atom is -0.382 e. The van der Waals surface area contributed by atoms with E-state index >= 15 is 0 Å². The Balaban J connectivity index is 0.00000243. The summed E-state index contributed by atoms with van der Waals surface area (Å²) < 4.78 is 5.27. The van der Waals surface area contributed by atoms with Crippen LogP contribution in [0.1, 0.15) is 45.4 Å². The van der Waals surface area contributed by atoms with Gasteiger partial charge in [0.1, 0.15) is 0 Å². The zero-order valence-electron chi connectivity index (χ0n) is 15.8. The van der Waals surface area contributed by atoms with Crippen LogP contribution in [0.4, 0.5) is 0 Å². The predicted octanol–water partition coefficient (Wildman–Crippen LogP) is 1.56. The molecule has 0 aromatic rings. The van der Waals surface area contributed by atoms with Gasteiger partial charge in [-0.05, 0) is 57.3 Å². The number of carbonyl (C=O) groups excluding carboxylic acids is 2. The van der Waals surface area contributed by atoms with Crippen LogP contribution >= 0.6 is 12.4 Å². The van der Waals surface area contributed by atoms with Crippen molar-refractivity contribution in [2.45, 2.75) is 51.5 Å². The lowest BCUT2D eigenvalue weighted by molar-refractivity contribution is -0.141. The van der Waals surface area contributed by atoms with Crippen molar-refractivity contribution in [3.63, 3.8) is 0 Å². The van der Waals surface area contributed by atoms with Crippen molar-refractivity contribution in [2.75, 3.05) is 32.8 Å². The first-order chi connectivity index (χ1) is 12.1. The van der Waals surface area contributed by atoms with Crippen molar-refractivity contribution in [1.29, 1.82) is 0 Å². The zero-order chi connectivity index (χ0) is 17.8. The number of amides is 2. The summed E-state index contributed by atoms with van der Waals surface area (Å²) in [7, 11) is 0. The molecule has 26 heavy (non-hydrogen) atoms. The van der Waals surface area contributed by atoms with E-state index in [1.807, 2.05) is 11.8 Å². The Labute approximate surface area is 163 Å². The van der Waals surface area contributed by atoms with E-state index in [9.17, 15) is 9.59 Å². The molecule has 6 nitrogen and oxygen atoms in total. The van der Waals surface area contributed by atoms with Gasteiger partial charge >= 0.3 is 0 Å². The number of nitrogens with zero attached hydrogens (tertiary/aromatic N) is 1. The maximum absolute atomic E-state index is 12.9. The molecule has 2 amide bonds. The maximum Gasteiger partial charge on any atom is 0.227 e. The fraction of sp³-hybridized carbons (Fsp3) is 0.895. The SMILES string of the molecule is CCOCCCNC(=O)C1CCN(C(=O)C2C3CCC(C3)C2N)CC1.Cl. The zero-order valence-corrected chi connectivity index (χ0v) is 16.6. The third-order valence-electron chi connectivity index (χ3n) is 6.41. The highest BCUT2D eigenvalue weighted by atomic mass is 35.5. The molecule has 0 aromatic carbocycles. The van der Waals surface area contributed by atoms with Crippen molar-refractivity contribution >= 4 is 24.2 Å². The number of hydrogen-bond donors (Lipinski definition) is 2. The van der Waals surface area contributed by atoms with Crippen molar-refractivity contribution in [3.8, 4) is 0 Å². The van der Waals surface area contributed by atoms with E-state index in [0.717, 1.165) is 32.1 Å². The Kier molecular flexibility index (Phi) is 8.17. The molecule has 0 aromatic heterocycles. The molecule has 1 aliphatic heterocycles. The molecule has 0 spiro atoms. The Morgan fingerprint density at radius 3 is 2.46 bits per heavy atom. The molecule has 7 heteroatoms. The molecule has 2 bridgehead atoms. The number of fused-ring (bicyclic) bond motifs is 2. The van der Waals surface area contributed by atoms with E-state index in [2.05, 4.69) is 5.32 Å². The van der Waals surface area contributed by atoms with Crippen LogP contribution in [0.5, 0.6) is 0 Å². The lowest BCUT2D eigenvalue weighted by atomic mass is 9.83. The molecule has 3 fully saturated rings. The van der Waals surface area contributed by atoms with Gasteiger partial charge in [0.05, 0.1) is 5.92 Å². The number of piperidine rings is 1. The highest BCUT2D eigenvalue weighted by Crippen LogP contribution is 2.48. The van der Waals surface area contributed by atoms with E-state index in [4.69, 9.17) is 10.5 Å². The van der Waals surface area contributed by atoms with Gasteiger partial charge in [-0.1, -0.05) is 0 Å². The third-order valence-corrected chi connectivity index (χ3v) is 6.41. The van der Waals surface area contributed by atoms with E-state index in [-0.39, 0.29) is 42.1 Å². The standard InChI is InChI=1S/C19H33N3O3.ClH/c1-2-25-11-3-8-21-18(23)13-6-9-22(10-7-13)19(24)16-14-4-5-15(12-14)17(16)20;/h13-17H,2-12,20H2,1H3,(H,21,23);1H. The van der Waals surface area contributed by atoms with Crippen LogP contribution in [0.15, 0.2) is 0 Å². The van der Waals surface area contributed by atoms with E-state index < -0.39 is 0 Å². The Morgan fingerprint density at radius 2 is 1.85 bits per heavy atom. The van der Waals surface area contributed by atoms with Gasteiger partial charge in [-0.25, -0.2) is 0 Å². The average Bonchev–Trinajstić information content (AvgIpc) is 3.22. The number of halogens is 1. The molecule has 2 saturated carbocycles. The molecule has 4 unspecified atom stereocenters. The van der Waals surface area contributed by atoms with Crippen LogP contribution in [0.25, 0.3) is 0 Å². The van der Waals surface area contributed by atoms with E-state index in [1.54, 1.807) is 0 Å². The van der Waals surface area contributed by atoms with Crippen LogP contribution in [0.3, 0.4) is 0 Å². The molecule has 3 aliphatic rings. The molecule has 3 N–H and O–H groups in total. The topological polar surface area (TPSA) is 84.7 Å². The second-order valence-electron chi connectivity index (χ2n) is 7.88. The summed E-state index contributed by atoms with van der Waals surface area (Å²) in [5.41, 5.74) is 6.31. The summed E-state index contributed by atoms with van der Waals surface area (Å²) in [6.45, 7) is 5.42. The lowest BCUT2D eigenvalue weighted by Crippen LogP contribution is -2.50. The normalized spacial score (nSPS) is 30.9. The number of nitrogens with two attached hydrogens (primary N) is 1. The molecule has 1 saturated heterocycles. The minimum absolute atomic E-state index is 0. The number of rotatable bonds is 7. The largest absolute Gasteiger partial charge is 0.382 e. The van der Waals surface area contributed by atoms with Crippen LogP contribution in [-0.2, 0) is 14.3 Å². The van der Waals surface area contributed by atoms with Crippen molar-refractivity contribution < 1.29 is 14.3 Å². The number of carbonyl (C=O) groups is 2. The van der Waals surface area contributed by atoms with Gasteiger partial charge in [-0.2, -0.15) is 0 Å². The van der Waals surface area contributed by atoms with E-state index in [1.165, 1.54) is 6.42 Å². The molecule has 3 rings (SSSR count). The summed E-state index contributed by atoms with van der Waals surface area (Å²) in [5, 5.41) is 3.00. The maximum atomic E-state index is 12.9. The summed E-state index contributed by atoms with van der Waals surface area (Å²) in [4.78, 5) is 27.1. The van der Waals surface area contributed by atoms with Gasteiger partial charge < -0.3 is 20.7 Å². The second-order valence-corrected chi connectivity index (χ2v) is 7.88. The van der Waals surface area contributed by atoms with Gasteiger partial charge in [0.25, 0.3) is 0 Å². The third kappa shape index (κ3) is 4.70. The van der Waals surface area contributed by atoms with Gasteiger partial charge in [0, 0.05) is 44.8 Å². The van der Waals surface area contributed by atoms with Crippen molar-refractivity contribution in [1.82, 2.24) is 10.2 Å². The lowest BCUT2D eigenvalue weighted by Gasteiger charge is -2.36. The Hall–Kier alpha value is -0.850. The molecule has 2 aliphatic carbocycles. The quantitative estimate of drug-likeness (QED) is 0.649. The van der Waals surface area contributed by atoms with Crippen molar-refractivity contribution in [2.24, 2.45) is 29.4 Å². The molecular formula is C19H34ClN3O3. The van der Waals surface area contributed by atoms with E-state index in [0.29, 0.717) is 44.7 Å². The summed E-state index contributed by atoms with van der Waals surface area (Å²) in [5.74, 6) is 1.49. The number of nitrogens with one attached hydrogen (secondary N) is 1. The van der Waals surface area contributed by atoms with Crippen molar-refractivity contribution in [3.05, 3.63) is 0 Å². The molecular weight excluding hydrogens is 354 g/mol. The highest BCUT2D eigenvalue weighted by Gasteiger charge is 2.50. The number of ether oxygens (including phenoxy) is 1.